The van der Waals surface area contributed by atoms with Crippen LogP contribution in [0.15, 0.2) is 34.0 Å². The first-order valence-electron chi connectivity index (χ1n) is 7.61. The van der Waals surface area contributed by atoms with Crippen molar-refractivity contribution in [2.75, 3.05) is 5.73 Å². The van der Waals surface area contributed by atoms with E-state index in [2.05, 4.69) is 41.8 Å². The van der Waals surface area contributed by atoms with Crippen LogP contribution >= 0.6 is 0 Å². The van der Waals surface area contributed by atoms with Crippen LogP contribution in [0.1, 0.15) is 33.7 Å². The number of amides is 1. The fourth-order valence-electron chi connectivity index (χ4n) is 2.77. The van der Waals surface area contributed by atoms with Crippen molar-refractivity contribution in [3.63, 3.8) is 0 Å². The molecule has 0 spiro atoms. The molecule has 0 atom stereocenters. The molecule has 0 fully saturated rings. The second-order valence-corrected chi connectivity index (χ2v) is 5.56. The lowest BCUT2D eigenvalue weighted by atomic mass is 10.1. The van der Waals surface area contributed by atoms with Gasteiger partial charge in [-0.25, -0.2) is 10.1 Å². The average molecular weight is 338 g/mol. The molecular formula is C15H14N8O2. The van der Waals surface area contributed by atoms with Crippen LogP contribution < -0.4 is 11.2 Å². The number of aromatic nitrogens is 5. The number of carbonyl (C=O) groups excluding carboxylic acids is 1. The van der Waals surface area contributed by atoms with Gasteiger partial charge in [0.15, 0.2) is 5.69 Å². The fourth-order valence-corrected chi connectivity index (χ4v) is 2.77. The van der Waals surface area contributed by atoms with Crippen LogP contribution in [0.5, 0.6) is 0 Å². The molecule has 0 saturated heterocycles. The Labute approximate surface area is 141 Å². The van der Waals surface area contributed by atoms with Gasteiger partial charge in [-0.1, -0.05) is 29.5 Å². The molecule has 25 heavy (non-hydrogen) atoms. The fraction of sp³-hybridized carbons (Fsp3) is 0.200. The second-order valence-electron chi connectivity index (χ2n) is 5.56. The van der Waals surface area contributed by atoms with Gasteiger partial charge in [0.2, 0.25) is 11.6 Å². The van der Waals surface area contributed by atoms with Crippen LogP contribution in [-0.2, 0) is 6.42 Å². The van der Waals surface area contributed by atoms with Crippen LogP contribution in [0.25, 0.3) is 5.82 Å². The van der Waals surface area contributed by atoms with Crippen molar-refractivity contribution in [2.45, 2.75) is 19.8 Å². The van der Waals surface area contributed by atoms with Crippen molar-refractivity contribution in [1.29, 1.82) is 0 Å². The molecule has 4 rings (SSSR count). The number of hydrazone groups is 1. The molecule has 0 aliphatic heterocycles. The number of aryl methyl sites for hydroxylation is 1. The van der Waals surface area contributed by atoms with Crippen LogP contribution in [0.4, 0.5) is 5.82 Å². The van der Waals surface area contributed by atoms with Gasteiger partial charge in [0.05, 0.1) is 11.4 Å². The van der Waals surface area contributed by atoms with Crippen molar-refractivity contribution in [3.05, 3.63) is 46.8 Å². The Kier molecular flexibility index (Phi) is 3.49. The molecule has 3 aromatic rings. The quantitative estimate of drug-likeness (QED) is 0.668. The Bertz CT molecular complexity index is 987. The first-order valence-corrected chi connectivity index (χ1v) is 7.61. The number of hydrogen-bond donors (Lipinski definition) is 2. The SMILES string of the molecule is Cc1c(C(=O)N/N=C2/CCc3ccccc32)nnn1-c1nonc1N. The highest BCUT2D eigenvalue weighted by Gasteiger charge is 2.22. The summed E-state index contributed by atoms with van der Waals surface area (Å²) in [6, 6.07) is 8.00. The largest absolute Gasteiger partial charge is 0.378 e. The summed E-state index contributed by atoms with van der Waals surface area (Å²) in [6.45, 7) is 1.67. The molecule has 0 saturated carbocycles. The number of fused-ring (bicyclic) bond motifs is 1. The number of anilines is 1. The zero-order chi connectivity index (χ0) is 17.4. The number of nitrogens with one attached hydrogen (secondary N) is 1. The van der Waals surface area contributed by atoms with Gasteiger partial charge in [0.1, 0.15) is 0 Å². The van der Waals surface area contributed by atoms with E-state index in [-0.39, 0.29) is 17.3 Å². The van der Waals surface area contributed by atoms with Gasteiger partial charge >= 0.3 is 0 Å². The molecule has 0 radical (unpaired) electrons. The summed E-state index contributed by atoms with van der Waals surface area (Å²) in [5, 5.41) is 19.1. The molecule has 1 amide bonds. The summed E-state index contributed by atoms with van der Waals surface area (Å²) >= 11 is 0. The van der Waals surface area contributed by atoms with Gasteiger partial charge in [-0.2, -0.15) is 9.78 Å². The smallest absolute Gasteiger partial charge is 0.293 e. The maximum absolute atomic E-state index is 12.4. The minimum absolute atomic E-state index is 0.0581. The zero-order valence-electron chi connectivity index (χ0n) is 13.3. The van der Waals surface area contributed by atoms with Crippen molar-refractivity contribution in [1.82, 2.24) is 30.7 Å². The molecule has 2 heterocycles. The highest BCUT2D eigenvalue weighted by atomic mass is 16.6. The first-order chi connectivity index (χ1) is 12.1. The number of carbonyl (C=O) groups is 1. The van der Waals surface area contributed by atoms with Gasteiger partial charge < -0.3 is 5.73 Å². The topological polar surface area (TPSA) is 137 Å². The lowest BCUT2D eigenvalue weighted by Gasteiger charge is -2.02. The van der Waals surface area contributed by atoms with E-state index in [1.54, 1.807) is 6.92 Å². The average Bonchev–Trinajstić information content (AvgIpc) is 3.31. The monoisotopic (exact) mass is 338 g/mol. The van der Waals surface area contributed by atoms with E-state index in [0.29, 0.717) is 5.69 Å². The summed E-state index contributed by atoms with van der Waals surface area (Å²) < 4.78 is 5.83. The minimum atomic E-state index is -0.462. The molecule has 10 nitrogen and oxygen atoms in total. The highest BCUT2D eigenvalue weighted by molar-refractivity contribution is 6.05. The van der Waals surface area contributed by atoms with Crippen molar-refractivity contribution in [2.24, 2.45) is 5.10 Å². The third kappa shape index (κ3) is 2.53. The van der Waals surface area contributed by atoms with E-state index in [0.717, 1.165) is 24.1 Å². The summed E-state index contributed by atoms with van der Waals surface area (Å²) in [5.41, 5.74) is 11.9. The Balaban J connectivity index is 1.56. The van der Waals surface area contributed by atoms with Gasteiger partial charge in [-0.15, -0.1) is 5.10 Å². The Hall–Kier alpha value is -3.56. The van der Waals surface area contributed by atoms with Gasteiger partial charge in [0.25, 0.3) is 5.91 Å². The first kappa shape index (κ1) is 15.0. The standard InChI is InChI=1S/C15H14N8O2/c1-8-12(18-22-23(8)14-13(16)20-25-21-14)15(24)19-17-11-7-6-9-4-2-3-5-10(9)11/h2-5H,6-7H2,1H3,(H2,16,20)(H,19,24)/b17-11-. The molecular weight excluding hydrogens is 324 g/mol. The van der Waals surface area contributed by atoms with Gasteiger partial charge in [-0.05, 0) is 35.6 Å². The molecule has 3 N–H and O–H groups in total. The predicted molar refractivity (Wildman–Crippen MR) is 87.1 cm³/mol. The normalized spacial score (nSPS) is 14.7. The van der Waals surface area contributed by atoms with Crippen LogP contribution in [0, 0.1) is 6.92 Å². The second kappa shape index (κ2) is 5.82. The summed E-state index contributed by atoms with van der Waals surface area (Å²) in [6.07, 6.45) is 1.70. The maximum Gasteiger partial charge on any atom is 0.293 e. The molecule has 0 bridgehead atoms. The number of rotatable bonds is 3. The predicted octanol–water partition coefficient (Wildman–Crippen LogP) is 0.621. The van der Waals surface area contributed by atoms with E-state index >= 15 is 0 Å². The molecule has 1 aliphatic carbocycles. The number of nitrogen functional groups attached to an aromatic ring is 1. The van der Waals surface area contributed by atoms with E-state index in [9.17, 15) is 4.79 Å². The zero-order valence-corrected chi connectivity index (χ0v) is 13.3. The highest BCUT2D eigenvalue weighted by Crippen LogP contribution is 2.21. The van der Waals surface area contributed by atoms with Gasteiger partial charge in [-0.3, -0.25) is 4.79 Å². The summed E-state index contributed by atoms with van der Waals surface area (Å²) in [4.78, 5) is 12.4. The number of benzene rings is 1. The van der Waals surface area contributed by atoms with Crippen molar-refractivity contribution < 1.29 is 9.42 Å². The Morgan fingerprint density at radius 2 is 2.16 bits per heavy atom. The summed E-state index contributed by atoms with van der Waals surface area (Å²) in [7, 11) is 0. The van der Waals surface area contributed by atoms with E-state index < -0.39 is 5.91 Å². The number of hydrogen-bond acceptors (Lipinski definition) is 8. The molecule has 1 aromatic carbocycles. The van der Waals surface area contributed by atoms with Gasteiger partial charge in [0, 0.05) is 5.56 Å². The molecule has 126 valence electrons. The third-order valence-electron chi connectivity index (χ3n) is 4.06. The third-order valence-corrected chi connectivity index (χ3v) is 4.06. The van der Waals surface area contributed by atoms with Crippen LogP contribution in [-0.4, -0.2) is 36.9 Å². The Morgan fingerprint density at radius 1 is 1.32 bits per heavy atom. The lowest BCUT2D eigenvalue weighted by molar-refractivity contribution is 0.0949. The maximum atomic E-state index is 12.4. The molecule has 1 aliphatic rings. The molecule has 0 unspecified atom stereocenters. The number of nitrogens with zero attached hydrogens (tertiary/aromatic N) is 6. The van der Waals surface area contributed by atoms with Crippen molar-refractivity contribution in [3.8, 4) is 5.82 Å². The molecule has 2 aromatic heterocycles. The lowest BCUT2D eigenvalue weighted by Crippen LogP contribution is -2.21. The Morgan fingerprint density at radius 3 is 2.96 bits per heavy atom. The van der Waals surface area contributed by atoms with E-state index in [1.165, 1.54) is 10.2 Å². The van der Waals surface area contributed by atoms with Crippen molar-refractivity contribution >= 4 is 17.4 Å². The van der Waals surface area contributed by atoms with E-state index in [1.807, 2.05) is 18.2 Å². The van der Waals surface area contributed by atoms with Crippen LogP contribution in [0.3, 0.4) is 0 Å². The summed E-state index contributed by atoms with van der Waals surface area (Å²) in [5.74, 6) is -0.224. The number of nitrogens with two attached hydrogens (primary N) is 1. The van der Waals surface area contributed by atoms with Crippen LogP contribution in [0.2, 0.25) is 0 Å². The minimum Gasteiger partial charge on any atom is -0.378 e. The molecule has 10 heteroatoms. The van der Waals surface area contributed by atoms with E-state index in [4.69, 9.17) is 5.73 Å².